The summed E-state index contributed by atoms with van der Waals surface area (Å²) < 4.78 is 72.4. The monoisotopic (exact) mass is 432 g/mol. The molecule has 0 atom stereocenters. The molecular weight excluding hydrogens is 405 g/mol. The molecule has 1 amide bonds. The van der Waals surface area contributed by atoms with Crippen molar-refractivity contribution in [1.29, 1.82) is 0 Å². The van der Waals surface area contributed by atoms with E-state index in [4.69, 9.17) is 9.47 Å². The number of hydrogen-bond acceptors (Lipinski definition) is 6. The number of amides is 1. The Bertz CT molecular complexity index is 602. The summed E-state index contributed by atoms with van der Waals surface area (Å²) in [6.07, 6.45) is -3.59. The summed E-state index contributed by atoms with van der Waals surface area (Å²) >= 11 is 0. The average molecular weight is 432 g/mol. The number of carbonyl (C=O) groups excluding carboxylic acids is 1. The molecule has 0 aromatic carbocycles. The molecule has 0 unspecified atom stereocenters. The van der Waals surface area contributed by atoms with Crippen molar-refractivity contribution in [3.8, 4) is 0 Å². The molecule has 0 bridgehead atoms. The van der Waals surface area contributed by atoms with Crippen molar-refractivity contribution < 1.29 is 41.1 Å². The molecule has 2 aliphatic rings. The van der Waals surface area contributed by atoms with Crippen LogP contribution < -0.4 is 0 Å². The van der Waals surface area contributed by atoms with E-state index < -0.39 is 34.6 Å². The molecule has 164 valence electrons. The van der Waals surface area contributed by atoms with E-state index in [-0.39, 0.29) is 43.1 Å². The summed E-state index contributed by atoms with van der Waals surface area (Å²) in [5.74, 6) is -1.41. The predicted molar refractivity (Wildman–Crippen MR) is 91.5 cm³/mol. The minimum Gasteiger partial charge on any atom is -0.381 e. The molecule has 0 saturated carbocycles. The topological polar surface area (TPSA) is 96.4 Å². The van der Waals surface area contributed by atoms with E-state index in [1.54, 1.807) is 0 Å². The molecule has 28 heavy (non-hydrogen) atoms. The molecule has 2 saturated heterocycles. The molecule has 0 radical (unpaired) electrons. The Morgan fingerprint density at radius 2 is 1.79 bits per heavy atom. The van der Waals surface area contributed by atoms with Crippen molar-refractivity contribution in [2.45, 2.75) is 44.7 Å². The molecule has 12 heteroatoms. The molecule has 0 spiro atoms. The van der Waals surface area contributed by atoms with E-state index in [0.29, 0.717) is 38.9 Å². The van der Waals surface area contributed by atoms with E-state index >= 15 is 0 Å². The van der Waals surface area contributed by atoms with Gasteiger partial charge in [0.1, 0.15) is 0 Å². The van der Waals surface area contributed by atoms with Crippen LogP contribution in [0.5, 0.6) is 0 Å². The zero-order chi connectivity index (χ0) is 20.8. The first-order chi connectivity index (χ1) is 13.1. The Morgan fingerprint density at radius 1 is 1.18 bits per heavy atom. The van der Waals surface area contributed by atoms with Crippen LogP contribution in [-0.4, -0.2) is 74.0 Å². The number of piperidine rings is 1. The molecule has 0 aliphatic carbocycles. The lowest BCUT2D eigenvalue weighted by Crippen LogP contribution is -2.50. The highest BCUT2D eigenvalue weighted by Crippen LogP contribution is 2.25. The molecule has 2 fully saturated rings. The largest absolute Gasteiger partial charge is 0.389 e. The second kappa shape index (κ2) is 10.2. The molecule has 2 heterocycles. The van der Waals surface area contributed by atoms with Gasteiger partial charge in [0, 0.05) is 51.9 Å². The summed E-state index contributed by atoms with van der Waals surface area (Å²) in [7, 11) is -4.31. The number of carbonyl (C=O) groups is 1. The lowest BCUT2D eigenvalue weighted by molar-refractivity contribution is -0.154. The van der Waals surface area contributed by atoms with E-state index in [1.165, 1.54) is 0 Å². The number of halogens is 3. The lowest BCUT2D eigenvalue weighted by atomic mass is 9.99. The number of alkyl halides is 3. The van der Waals surface area contributed by atoms with Crippen LogP contribution in [0.4, 0.5) is 13.2 Å². The number of hydroxylamine groups is 1. The summed E-state index contributed by atoms with van der Waals surface area (Å²) in [6, 6.07) is 0. The van der Waals surface area contributed by atoms with E-state index in [1.807, 2.05) is 0 Å². The van der Waals surface area contributed by atoms with Gasteiger partial charge >= 0.3 is 16.4 Å². The van der Waals surface area contributed by atoms with Crippen LogP contribution in [0.3, 0.4) is 0 Å². The third-order valence-electron chi connectivity index (χ3n) is 4.98. The van der Waals surface area contributed by atoms with Gasteiger partial charge in [-0.1, -0.05) is 4.47 Å². The van der Waals surface area contributed by atoms with Crippen molar-refractivity contribution >= 4 is 16.1 Å². The second-order valence-electron chi connectivity index (χ2n) is 7.11. The first-order valence-corrected chi connectivity index (χ1v) is 10.8. The fourth-order valence-corrected chi connectivity index (χ4v) is 4.52. The summed E-state index contributed by atoms with van der Waals surface area (Å²) in [4.78, 5) is 12.2. The Hall–Kier alpha value is -0.950. The van der Waals surface area contributed by atoms with Gasteiger partial charge in [0.25, 0.3) is 5.91 Å². The minimum atomic E-state index is -4.31. The first kappa shape index (κ1) is 23.3. The fourth-order valence-electron chi connectivity index (χ4n) is 3.26. The van der Waals surface area contributed by atoms with Crippen LogP contribution >= 0.6 is 0 Å². The minimum absolute atomic E-state index is 0.00203. The van der Waals surface area contributed by atoms with Gasteiger partial charge in [0.15, 0.2) is 0 Å². The SMILES string of the molecule is O=C(C1CCOCC1)N(O)S(=O)(=O)N1CCC(COCCCC(F)(F)F)CC1. The van der Waals surface area contributed by atoms with Crippen LogP contribution in [0.2, 0.25) is 0 Å². The number of rotatable bonds is 8. The van der Waals surface area contributed by atoms with Crippen LogP contribution in [0.25, 0.3) is 0 Å². The molecule has 2 rings (SSSR count). The van der Waals surface area contributed by atoms with Crippen molar-refractivity contribution in [2.75, 3.05) is 39.5 Å². The van der Waals surface area contributed by atoms with E-state index in [2.05, 4.69) is 0 Å². The third-order valence-corrected chi connectivity index (χ3v) is 6.61. The molecule has 8 nitrogen and oxygen atoms in total. The first-order valence-electron chi connectivity index (χ1n) is 9.36. The van der Waals surface area contributed by atoms with Crippen LogP contribution in [0.1, 0.15) is 38.5 Å². The maximum atomic E-state index is 12.5. The second-order valence-corrected chi connectivity index (χ2v) is 8.87. The van der Waals surface area contributed by atoms with Crippen molar-refractivity contribution in [3.63, 3.8) is 0 Å². The van der Waals surface area contributed by atoms with Crippen molar-refractivity contribution in [1.82, 2.24) is 8.77 Å². The van der Waals surface area contributed by atoms with Gasteiger partial charge in [-0.15, -0.1) is 0 Å². The van der Waals surface area contributed by atoms with Gasteiger partial charge in [0.2, 0.25) is 0 Å². The Balaban J connectivity index is 1.74. The van der Waals surface area contributed by atoms with Gasteiger partial charge < -0.3 is 9.47 Å². The van der Waals surface area contributed by atoms with Crippen LogP contribution in [-0.2, 0) is 24.5 Å². The Labute approximate surface area is 162 Å². The number of nitrogens with zero attached hydrogens (tertiary/aromatic N) is 2. The zero-order valence-electron chi connectivity index (χ0n) is 15.6. The van der Waals surface area contributed by atoms with Gasteiger partial charge in [0.05, 0.1) is 0 Å². The predicted octanol–water partition coefficient (Wildman–Crippen LogP) is 1.95. The van der Waals surface area contributed by atoms with Gasteiger partial charge in [-0.2, -0.15) is 25.9 Å². The Kier molecular flexibility index (Phi) is 8.49. The molecular formula is C16H27F3N2O6S. The highest BCUT2D eigenvalue weighted by Gasteiger charge is 2.38. The summed E-state index contributed by atoms with van der Waals surface area (Å²) in [5, 5.41) is 9.98. The van der Waals surface area contributed by atoms with E-state index in [0.717, 1.165) is 4.31 Å². The normalized spacial score (nSPS) is 21.0. The van der Waals surface area contributed by atoms with Gasteiger partial charge in [-0.05, 0) is 38.0 Å². The van der Waals surface area contributed by atoms with Gasteiger partial charge in [-0.3, -0.25) is 10.0 Å². The number of ether oxygens (including phenoxy) is 2. The van der Waals surface area contributed by atoms with Crippen LogP contribution in [0.15, 0.2) is 0 Å². The molecule has 2 aliphatic heterocycles. The summed E-state index contributed by atoms with van der Waals surface area (Å²) in [5.41, 5.74) is 0. The standard InChI is InChI=1S/C16H27F3N2O6S/c17-16(18,19)6-1-9-27-12-13-2-7-20(8-3-13)28(24,25)21(23)15(22)14-4-10-26-11-5-14/h13-14,23H,1-12H2. The van der Waals surface area contributed by atoms with Gasteiger partial charge in [-0.25, -0.2) is 0 Å². The fraction of sp³-hybridized carbons (Fsp3) is 0.938. The Morgan fingerprint density at radius 3 is 2.36 bits per heavy atom. The summed E-state index contributed by atoms with van der Waals surface area (Å²) in [6.45, 7) is 1.17. The quantitative estimate of drug-likeness (QED) is 0.358. The maximum Gasteiger partial charge on any atom is 0.389 e. The van der Waals surface area contributed by atoms with Crippen LogP contribution in [0, 0.1) is 11.8 Å². The molecule has 1 N–H and O–H groups in total. The smallest absolute Gasteiger partial charge is 0.381 e. The molecule has 0 aromatic heterocycles. The van der Waals surface area contributed by atoms with Crippen molar-refractivity contribution in [2.24, 2.45) is 11.8 Å². The zero-order valence-corrected chi connectivity index (χ0v) is 16.4. The highest BCUT2D eigenvalue weighted by molar-refractivity contribution is 7.87. The average Bonchev–Trinajstić information content (AvgIpc) is 2.66. The van der Waals surface area contributed by atoms with E-state index in [9.17, 15) is 31.6 Å². The number of hydrogen-bond donors (Lipinski definition) is 1. The maximum absolute atomic E-state index is 12.5. The molecule has 0 aromatic rings. The third kappa shape index (κ3) is 6.83. The lowest BCUT2D eigenvalue weighted by Gasteiger charge is -2.33. The van der Waals surface area contributed by atoms with Crippen molar-refractivity contribution in [3.05, 3.63) is 0 Å². The highest BCUT2D eigenvalue weighted by atomic mass is 32.2.